The highest BCUT2D eigenvalue weighted by Crippen LogP contribution is 2.18. The molecule has 1 fully saturated rings. The van der Waals surface area contributed by atoms with Gasteiger partial charge in [0.25, 0.3) is 0 Å². The van der Waals surface area contributed by atoms with Gasteiger partial charge in [-0.15, -0.1) is 0 Å². The highest BCUT2D eigenvalue weighted by atomic mass is 127. The van der Waals surface area contributed by atoms with E-state index in [1.54, 1.807) is 0 Å². The van der Waals surface area contributed by atoms with Crippen LogP contribution >= 0.6 is 22.6 Å². The molecule has 3 atom stereocenters. The molecule has 3 amide bonds. The van der Waals surface area contributed by atoms with Gasteiger partial charge >= 0.3 is 0 Å². The Morgan fingerprint density at radius 3 is 2.75 bits per heavy atom. The maximum Gasteiger partial charge on any atom is 0.243 e. The maximum atomic E-state index is 12.5. The van der Waals surface area contributed by atoms with E-state index >= 15 is 0 Å². The number of nitrogens with one attached hydrogen (secondary N) is 1. The van der Waals surface area contributed by atoms with Crippen molar-refractivity contribution in [2.75, 3.05) is 6.54 Å². The molecule has 0 radical (unpaired) electrons. The Balaban J connectivity index is 2.08. The van der Waals surface area contributed by atoms with Gasteiger partial charge in [-0.25, -0.2) is 0 Å². The maximum absolute atomic E-state index is 12.5. The number of likely N-dealkylation sites (tertiary alicyclic amines) is 1. The quantitative estimate of drug-likeness (QED) is 0.545. The Morgan fingerprint density at radius 2 is 2.17 bits per heavy atom. The van der Waals surface area contributed by atoms with Gasteiger partial charge in [-0.1, -0.05) is 12.1 Å². The molecule has 8 heteroatoms. The van der Waals surface area contributed by atoms with Crippen LogP contribution in [0.2, 0.25) is 0 Å². The van der Waals surface area contributed by atoms with Crippen LogP contribution in [0.4, 0.5) is 0 Å². The fraction of sp³-hybridized carbons (Fsp3) is 0.438. The minimum atomic E-state index is -0.873. The Bertz CT molecular complexity index is 652. The van der Waals surface area contributed by atoms with Crippen LogP contribution in [0.15, 0.2) is 24.3 Å². The zero-order valence-electron chi connectivity index (χ0n) is 13.2. The van der Waals surface area contributed by atoms with E-state index in [0.717, 1.165) is 9.13 Å². The summed E-state index contributed by atoms with van der Waals surface area (Å²) in [6, 6.07) is 5.89. The van der Waals surface area contributed by atoms with Crippen LogP contribution in [0, 0.1) is 3.57 Å². The lowest BCUT2D eigenvalue weighted by Crippen LogP contribution is -2.52. The summed E-state index contributed by atoms with van der Waals surface area (Å²) in [6.07, 6.45) is -0.319. The van der Waals surface area contributed by atoms with Crippen LogP contribution in [0.25, 0.3) is 0 Å². The molecule has 1 aliphatic rings. The summed E-state index contributed by atoms with van der Waals surface area (Å²) in [5, 5.41) is 12.3. The summed E-state index contributed by atoms with van der Waals surface area (Å²) < 4.78 is 1.02. The number of carbonyl (C=O) groups is 3. The second-order valence-electron chi connectivity index (χ2n) is 5.87. The number of nitrogens with zero attached hydrogens (tertiary/aromatic N) is 1. The van der Waals surface area contributed by atoms with Gasteiger partial charge in [-0.05, 0) is 40.3 Å². The lowest BCUT2D eigenvalue weighted by Gasteiger charge is -2.24. The van der Waals surface area contributed by atoms with Crippen LogP contribution in [-0.2, 0) is 20.8 Å². The van der Waals surface area contributed by atoms with Crippen molar-refractivity contribution in [2.45, 2.75) is 38.0 Å². The molecule has 0 unspecified atom stereocenters. The summed E-state index contributed by atoms with van der Waals surface area (Å²) in [4.78, 5) is 37.1. The number of carbonyl (C=O) groups excluding carboxylic acids is 3. The number of hydrogen-bond donors (Lipinski definition) is 3. The minimum absolute atomic E-state index is 0.117. The van der Waals surface area contributed by atoms with E-state index in [1.165, 1.54) is 11.8 Å². The third-order valence-electron chi connectivity index (χ3n) is 3.97. The van der Waals surface area contributed by atoms with E-state index in [2.05, 4.69) is 27.9 Å². The molecule has 24 heavy (non-hydrogen) atoms. The number of benzene rings is 1. The van der Waals surface area contributed by atoms with Crippen LogP contribution in [0.1, 0.15) is 18.9 Å². The van der Waals surface area contributed by atoms with Gasteiger partial charge < -0.3 is 21.1 Å². The number of hydrogen-bond acceptors (Lipinski definition) is 4. The molecule has 2 rings (SSSR count). The lowest BCUT2D eigenvalue weighted by molar-refractivity contribution is -0.138. The molecule has 1 aromatic carbocycles. The number of aliphatic hydroxyl groups is 1. The number of halogens is 1. The van der Waals surface area contributed by atoms with Gasteiger partial charge in [0.05, 0.1) is 6.10 Å². The molecule has 0 spiro atoms. The van der Waals surface area contributed by atoms with Gasteiger partial charge in [-0.3, -0.25) is 14.4 Å². The highest BCUT2D eigenvalue weighted by Gasteiger charge is 2.38. The van der Waals surface area contributed by atoms with Crippen molar-refractivity contribution in [1.29, 1.82) is 0 Å². The fourth-order valence-electron chi connectivity index (χ4n) is 2.80. The van der Waals surface area contributed by atoms with E-state index in [0.29, 0.717) is 0 Å². The van der Waals surface area contributed by atoms with Crippen LogP contribution in [0.3, 0.4) is 0 Å². The second-order valence-corrected chi connectivity index (χ2v) is 7.12. The first kappa shape index (κ1) is 18.7. The predicted octanol–water partition coefficient (Wildman–Crippen LogP) is -0.214. The summed E-state index contributed by atoms with van der Waals surface area (Å²) in [5.41, 5.74) is 6.28. The standard InChI is InChI=1S/C16H20IN3O4/c1-9(21)20-8-12(22)7-14(20)16(24)19-13(15(18)23)6-10-3-2-4-11(17)5-10/h2-5,12-14,22H,6-8H2,1H3,(H2,18,23)(H,19,24)/t12-,13+,14+/m1/s1. The second kappa shape index (κ2) is 7.93. The highest BCUT2D eigenvalue weighted by molar-refractivity contribution is 14.1. The number of aliphatic hydroxyl groups excluding tert-OH is 1. The molecule has 1 heterocycles. The molecule has 130 valence electrons. The van der Waals surface area contributed by atoms with Crippen molar-refractivity contribution in [1.82, 2.24) is 10.2 Å². The third-order valence-corrected chi connectivity index (χ3v) is 4.65. The number of primary amides is 1. The zero-order chi connectivity index (χ0) is 17.9. The van der Waals surface area contributed by atoms with Gasteiger partial charge in [0.2, 0.25) is 17.7 Å². The van der Waals surface area contributed by atoms with Crippen molar-refractivity contribution < 1.29 is 19.5 Å². The molecule has 0 bridgehead atoms. The Labute approximate surface area is 153 Å². The van der Waals surface area contributed by atoms with Gasteiger partial charge in [0, 0.05) is 29.9 Å². The predicted molar refractivity (Wildman–Crippen MR) is 95.8 cm³/mol. The van der Waals surface area contributed by atoms with Crippen molar-refractivity contribution >= 4 is 40.3 Å². The first-order valence-electron chi connectivity index (χ1n) is 7.57. The molecule has 1 aromatic rings. The van der Waals surface area contributed by atoms with E-state index < -0.39 is 30.0 Å². The first-order valence-corrected chi connectivity index (χ1v) is 8.65. The van der Waals surface area contributed by atoms with E-state index in [1.807, 2.05) is 24.3 Å². The van der Waals surface area contributed by atoms with Crippen LogP contribution in [-0.4, -0.2) is 52.5 Å². The van der Waals surface area contributed by atoms with E-state index in [9.17, 15) is 19.5 Å². The summed E-state index contributed by atoms with van der Waals surface area (Å²) in [5.74, 6) is -1.41. The average molecular weight is 445 g/mol. The molecule has 0 aliphatic carbocycles. The Hall–Kier alpha value is -1.68. The Kier molecular flexibility index (Phi) is 6.16. The van der Waals surface area contributed by atoms with E-state index in [4.69, 9.17) is 5.73 Å². The number of amides is 3. The van der Waals surface area contributed by atoms with Gasteiger partial charge in [0.15, 0.2) is 0 Å². The smallest absolute Gasteiger partial charge is 0.243 e. The minimum Gasteiger partial charge on any atom is -0.391 e. The van der Waals surface area contributed by atoms with Gasteiger partial charge in [0.1, 0.15) is 12.1 Å². The number of nitrogens with two attached hydrogens (primary N) is 1. The molecule has 4 N–H and O–H groups in total. The molecule has 7 nitrogen and oxygen atoms in total. The molecule has 0 aromatic heterocycles. The lowest BCUT2D eigenvalue weighted by atomic mass is 10.0. The molecule has 1 saturated heterocycles. The molecule has 1 aliphatic heterocycles. The number of rotatable bonds is 5. The Morgan fingerprint density at radius 1 is 1.46 bits per heavy atom. The fourth-order valence-corrected chi connectivity index (χ4v) is 3.41. The molecular formula is C16H20IN3O4. The molecule has 0 saturated carbocycles. The number of β-amino-alcohol motifs (C(OH)–C–C–N with tert-alkyl or cyclic N) is 1. The van der Waals surface area contributed by atoms with Crippen LogP contribution < -0.4 is 11.1 Å². The summed E-state index contributed by atoms with van der Waals surface area (Å²) in [7, 11) is 0. The summed E-state index contributed by atoms with van der Waals surface area (Å²) in [6.45, 7) is 1.46. The monoisotopic (exact) mass is 445 g/mol. The molecular weight excluding hydrogens is 425 g/mol. The zero-order valence-corrected chi connectivity index (χ0v) is 15.4. The average Bonchev–Trinajstić information content (AvgIpc) is 2.89. The van der Waals surface area contributed by atoms with Crippen LogP contribution in [0.5, 0.6) is 0 Å². The summed E-state index contributed by atoms with van der Waals surface area (Å²) >= 11 is 2.16. The topological polar surface area (TPSA) is 113 Å². The normalized spacial score (nSPS) is 21.4. The SMILES string of the molecule is CC(=O)N1C[C@H](O)C[C@H]1C(=O)N[C@@H](Cc1cccc(I)c1)C(N)=O. The van der Waals surface area contributed by atoms with Gasteiger partial charge in [-0.2, -0.15) is 0 Å². The van der Waals surface area contributed by atoms with Crippen molar-refractivity contribution in [2.24, 2.45) is 5.73 Å². The van der Waals surface area contributed by atoms with Crippen molar-refractivity contribution in [3.8, 4) is 0 Å². The van der Waals surface area contributed by atoms with Crippen molar-refractivity contribution in [3.63, 3.8) is 0 Å². The third kappa shape index (κ3) is 4.67. The van der Waals surface area contributed by atoms with E-state index in [-0.39, 0.29) is 25.3 Å². The largest absolute Gasteiger partial charge is 0.391 e. The first-order chi connectivity index (χ1) is 11.3. The van der Waals surface area contributed by atoms with Crippen molar-refractivity contribution in [3.05, 3.63) is 33.4 Å².